The van der Waals surface area contributed by atoms with Gasteiger partial charge in [-0.1, -0.05) is 119 Å². The highest BCUT2D eigenvalue weighted by Gasteiger charge is 2.51. The molecule has 0 aromatic carbocycles. The van der Waals surface area contributed by atoms with Gasteiger partial charge in [0.2, 0.25) is 0 Å². The fourth-order valence-electron chi connectivity index (χ4n) is 7.52. The summed E-state index contributed by atoms with van der Waals surface area (Å²) in [6.07, 6.45) is 9.43. The van der Waals surface area contributed by atoms with Crippen LogP contribution in [-0.4, -0.2) is 137 Å². The van der Waals surface area contributed by atoms with Gasteiger partial charge in [-0.25, -0.2) is 9.13 Å². The third kappa shape index (κ3) is 25.4. The standard InChI is InChI=1S/C47H78O19P2/c1-3-5-7-8-9-10-11-12-13-14-15-16-17-18-19-20-22-27-40(51)62-32-35-33-63-68(60,61)66-47-45(56)44(55)42(53)36(26-23-24-28-41(52)64-35)38(49)31-39(50)37(30-29-34(48)25-21-6-4-2)43(54)46(47)65-67(57,58)59/h9-10,12-13,15-16,18-19,23-24,29-30,34-39,42-50,53-56H,3-8,11,14,17,20-22,25-28,31-33H2,1-2H3,(H,60,61)(H2,57,58,59)/b10-9-,13-12-,16-15-,19-18-,24-23-,30-29-/t34-,35-,36-,37+,38+,39-,42-,43-,44+,45-,46-,47+/m1/s1. The Morgan fingerprint density at radius 3 is 2.04 bits per heavy atom. The first-order chi connectivity index (χ1) is 32.3. The normalized spacial score (nSPS) is 31.8. The predicted octanol–water partition coefficient (Wildman–Crippen LogP) is 5.22. The first kappa shape index (κ1) is 61.4. The molecule has 2 aliphatic rings. The van der Waals surface area contributed by atoms with E-state index in [1.165, 1.54) is 37.5 Å². The van der Waals surface area contributed by atoms with E-state index in [4.69, 9.17) is 23.0 Å². The zero-order chi connectivity index (χ0) is 50.5. The molecular formula is C47H78O19P2. The van der Waals surface area contributed by atoms with Crippen molar-refractivity contribution in [3.63, 3.8) is 0 Å². The number of rotatable bonds is 24. The van der Waals surface area contributed by atoms with Crippen molar-refractivity contribution in [2.45, 2.75) is 184 Å². The molecule has 2 rings (SSSR count). The molecule has 0 radical (unpaired) electrons. The van der Waals surface area contributed by atoms with Gasteiger partial charge in [0, 0.05) is 24.7 Å². The van der Waals surface area contributed by atoms with E-state index in [1.807, 2.05) is 25.2 Å². The van der Waals surface area contributed by atoms with Gasteiger partial charge in [0.1, 0.15) is 31.0 Å². The van der Waals surface area contributed by atoms with Crippen LogP contribution in [-0.2, 0) is 41.8 Å². The molecule has 2 bridgehead atoms. The highest BCUT2D eigenvalue weighted by molar-refractivity contribution is 7.47. The first-order valence-electron chi connectivity index (χ1n) is 23.7. The number of carbonyl (C=O) groups is 2. The number of aliphatic hydroxyl groups is 7. The Bertz CT molecular complexity index is 1710. The Hall–Kier alpha value is -2.68. The highest BCUT2D eigenvalue weighted by Crippen LogP contribution is 2.49. The Kier molecular flexibility index (Phi) is 30.6. The fourth-order valence-corrected chi connectivity index (χ4v) is 9.05. The maximum atomic E-state index is 13.6. The number of phosphoric ester groups is 2. The minimum absolute atomic E-state index is 0.0311. The van der Waals surface area contributed by atoms with E-state index in [-0.39, 0.29) is 19.3 Å². The summed E-state index contributed by atoms with van der Waals surface area (Å²) in [6.45, 7) is 2.46. The fraction of sp³-hybridized carbons (Fsp3) is 0.702. The molecule has 68 heavy (non-hydrogen) atoms. The number of phosphoric acid groups is 2. The molecule has 1 saturated carbocycles. The van der Waals surface area contributed by atoms with Crippen molar-refractivity contribution < 1.29 is 92.2 Å². The molecule has 390 valence electrons. The maximum absolute atomic E-state index is 13.6. The third-order valence-corrected chi connectivity index (χ3v) is 12.8. The van der Waals surface area contributed by atoms with Crippen LogP contribution in [0, 0.1) is 11.8 Å². The molecule has 1 heterocycles. The second kappa shape index (κ2) is 33.8. The summed E-state index contributed by atoms with van der Waals surface area (Å²) in [4.78, 5) is 56.4. The van der Waals surface area contributed by atoms with Gasteiger partial charge in [-0.15, -0.1) is 0 Å². The lowest BCUT2D eigenvalue weighted by atomic mass is 9.83. The van der Waals surface area contributed by atoms with Crippen LogP contribution in [0.3, 0.4) is 0 Å². The van der Waals surface area contributed by atoms with E-state index in [0.29, 0.717) is 25.7 Å². The average Bonchev–Trinajstić information content (AvgIpc) is 3.28. The second-order valence-corrected chi connectivity index (χ2v) is 19.7. The van der Waals surface area contributed by atoms with E-state index in [9.17, 15) is 69.1 Å². The van der Waals surface area contributed by atoms with Crippen molar-refractivity contribution in [2.24, 2.45) is 11.8 Å². The number of aliphatic hydroxyl groups excluding tert-OH is 7. The lowest BCUT2D eigenvalue weighted by Gasteiger charge is -2.38. The van der Waals surface area contributed by atoms with Gasteiger partial charge in [-0.2, -0.15) is 0 Å². The van der Waals surface area contributed by atoms with E-state index in [1.54, 1.807) is 0 Å². The second-order valence-electron chi connectivity index (χ2n) is 17.1. The molecule has 0 saturated heterocycles. The summed E-state index contributed by atoms with van der Waals surface area (Å²) in [5, 5.41) is 79.2. The van der Waals surface area contributed by atoms with Crippen LogP contribution in [0.4, 0.5) is 0 Å². The summed E-state index contributed by atoms with van der Waals surface area (Å²) < 4.78 is 51.7. The summed E-state index contributed by atoms with van der Waals surface area (Å²) >= 11 is 0. The van der Waals surface area contributed by atoms with E-state index in [2.05, 4.69) is 37.3 Å². The first-order valence-corrected chi connectivity index (χ1v) is 26.8. The largest absolute Gasteiger partial charge is 0.472 e. The minimum atomic E-state index is -5.76. The number of fused-ring (bicyclic) bond motifs is 4. The van der Waals surface area contributed by atoms with Crippen molar-refractivity contribution in [3.8, 4) is 0 Å². The zero-order valence-corrected chi connectivity index (χ0v) is 41.1. The molecule has 0 aromatic rings. The number of unbranched alkanes of at least 4 members (excludes halogenated alkanes) is 6. The van der Waals surface area contributed by atoms with Gasteiger partial charge < -0.3 is 59.9 Å². The molecule has 0 amide bonds. The van der Waals surface area contributed by atoms with Gasteiger partial charge in [0.25, 0.3) is 0 Å². The van der Waals surface area contributed by atoms with Crippen LogP contribution in [0.1, 0.15) is 123 Å². The Labute approximate surface area is 400 Å². The predicted molar refractivity (Wildman–Crippen MR) is 252 cm³/mol. The van der Waals surface area contributed by atoms with Crippen molar-refractivity contribution >= 4 is 27.6 Å². The molecule has 1 fully saturated rings. The molecule has 1 unspecified atom stereocenters. The molecule has 10 N–H and O–H groups in total. The SMILES string of the molecule is CCCCC/C=C\C/C=C\C/C=C\C/C=C\CCCC(=O)OC[C@@H]1COP(=O)(O)O[C@H]2[C@H](O)[C@@H](O)[C@H](O)[C@H](C/C=C\CC(=O)O1)[C@@H](O)C[C@@H](O)[C@H](/C=C\[C@H](O)CCCCC)[C@@H](O)[C@H]2OP(=O)(O)O. The summed E-state index contributed by atoms with van der Waals surface area (Å²) in [6, 6.07) is 0. The van der Waals surface area contributed by atoms with Crippen molar-refractivity contribution in [1.82, 2.24) is 0 Å². The summed E-state index contributed by atoms with van der Waals surface area (Å²) in [7, 11) is -11.4. The summed E-state index contributed by atoms with van der Waals surface area (Å²) in [5.41, 5.74) is 0. The van der Waals surface area contributed by atoms with E-state index >= 15 is 0 Å². The topological polar surface area (TPSA) is 317 Å². The molecular weight excluding hydrogens is 930 g/mol. The van der Waals surface area contributed by atoms with Gasteiger partial charge in [-0.05, 0) is 57.8 Å². The van der Waals surface area contributed by atoms with E-state index in [0.717, 1.165) is 38.2 Å². The van der Waals surface area contributed by atoms with Crippen LogP contribution in [0.2, 0.25) is 0 Å². The van der Waals surface area contributed by atoms with Gasteiger partial charge in [0.05, 0.1) is 43.5 Å². The smallest absolute Gasteiger partial charge is 0.462 e. The third-order valence-electron chi connectivity index (χ3n) is 11.3. The number of hydrogen-bond acceptors (Lipinski definition) is 16. The van der Waals surface area contributed by atoms with Crippen molar-refractivity contribution in [1.29, 1.82) is 0 Å². The number of carbonyl (C=O) groups excluding carboxylic acids is 2. The Morgan fingerprint density at radius 1 is 0.824 bits per heavy atom. The summed E-state index contributed by atoms with van der Waals surface area (Å²) in [5.74, 6) is -4.81. The van der Waals surface area contributed by atoms with Gasteiger partial charge in [0.15, 0.2) is 6.10 Å². The molecule has 1 aliphatic carbocycles. The monoisotopic (exact) mass is 1010 g/mol. The van der Waals surface area contributed by atoms with Crippen molar-refractivity contribution in [3.05, 3.63) is 72.9 Å². The molecule has 0 spiro atoms. The Morgan fingerprint density at radius 2 is 1.43 bits per heavy atom. The molecule has 0 aromatic heterocycles. The van der Waals surface area contributed by atoms with Crippen LogP contribution in [0.15, 0.2) is 72.9 Å². The molecule has 19 nitrogen and oxygen atoms in total. The molecule has 13 atom stereocenters. The number of allylic oxidation sites excluding steroid dienone is 9. The van der Waals surface area contributed by atoms with Gasteiger partial charge in [-0.3, -0.25) is 23.2 Å². The van der Waals surface area contributed by atoms with Gasteiger partial charge >= 0.3 is 27.6 Å². The number of hydrogen-bond donors (Lipinski definition) is 10. The van der Waals surface area contributed by atoms with Crippen LogP contribution >= 0.6 is 15.6 Å². The number of cyclic esters (lactones) is 1. The number of esters is 2. The molecule has 1 aliphatic heterocycles. The van der Waals surface area contributed by atoms with Crippen LogP contribution in [0.25, 0.3) is 0 Å². The average molecular weight is 1010 g/mol. The number of ether oxygens (including phenoxy) is 2. The quantitative estimate of drug-likeness (QED) is 0.0257. The van der Waals surface area contributed by atoms with E-state index < -0.39 is 127 Å². The minimum Gasteiger partial charge on any atom is -0.462 e. The Balaban J connectivity index is 2.27. The lowest BCUT2D eigenvalue weighted by molar-refractivity contribution is -0.165. The van der Waals surface area contributed by atoms with Crippen LogP contribution < -0.4 is 0 Å². The molecule has 21 heteroatoms. The van der Waals surface area contributed by atoms with Crippen LogP contribution in [0.5, 0.6) is 0 Å². The highest BCUT2D eigenvalue weighted by atomic mass is 31.2. The van der Waals surface area contributed by atoms with Crippen molar-refractivity contribution in [2.75, 3.05) is 13.2 Å². The zero-order valence-electron chi connectivity index (χ0n) is 39.3. The maximum Gasteiger partial charge on any atom is 0.472 e. The lowest BCUT2D eigenvalue weighted by Crippen LogP contribution is -2.56.